The van der Waals surface area contributed by atoms with E-state index in [4.69, 9.17) is 5.11 Å². The molecule has 2 aromatic carbocycles. The van der Waals surface area contributed by atoms with Gasteiger partial charge in [-0.1, -0.05) is 37.3 Å². The third-order valence-electron chi connectivity index (χ3n) is 5.02. The molecular formula is C21H23NO3. The molecule has 1 atom stereocenters. The molecule has 130 valence electrons. The summed E-state index contributed by atoms with van der Waals surface area (Å²) in [6.07, 6.45) is 1.25. The Kier molecular flexibility index (Phi) is 4.88. The van der Waals surface area contributed by atoms with Gasteiger partial charge in [0.15, 0.2) is 0 Å². The minimum atomic E-state index is -0.931. The standard InChI is InChI=1S/C21H23NO3/c1-14-5-3-4-6-19(14)15(2)11-20(23)22-10-9-16-7-8-17(21(24)25)12-18(16)13-22/h3-8,12,15H,9-11,13H2,1-2H3,(H,24,25). The second-order valence-corrected chi connectivity index (χ2v) is 6.82. The SMILES string of the molecule is Cc1ccccc1C(C)CC(=O)N1CCc2ccc(C(=O)O)cc2C1. The van der Waals surface area contributed by atoms with Crippen LogP contribution in [-0.2, 0) is 17.8 Å². The van der Waals surface area contributed by atoms with Crippen LogP contribution in [0.1, 0.15) is 51.9 Å². The quantitative estimate of drug-likeness (QED) is 0.924. The molecule has 1 aliphatic heterocycles. The lowest BCUT2D eigenvalue weighted by Gasteiger charge is -2.30. The second-order valence-electron chi connectivity index (χ2n) is 6.82. The van der Waals surface area contributed by atoms with Crippen LogP contribution in [0.25, 0.3) is 0 Å². The highest BCUT2D eigenvalue weighted by Crippen LogP contribution is 2.26. The van der Waals surface area contributed by atoms with Crippen LogP contribution >= 0.6 is 0 Å². The molecule has 1 N–H and O–H groups in total. The summed E-state index contributed by atoms with van der Waals surface area (Å²) in [4.78, 5) is 25.7. The van der Waals surface area contributed by atoms with Crippen LogP contribution < -0.4 is 0 Å². The normalized spacial score (nSPS) is 14.7. The van der Waals surface area contributed by atoms with Crippen molar-refractivity contribution in [2.24, 2.45) is 0 Å². The van der Waals surface area contributed by atoms with Crippen molar-refractivity contribution in [1.82, 2.24) is 4.90 Å². The van der Waals surface area contributed by atoms with Crippen LogP contribution in [0.4, 0.5) is 0 Å². The summed E-state index contributed by atoms with van der Waals surface area (Å²) < 4.78 is 0. The Bertz CT molecular complexity index is 813. The number of aromatic carboxylic acids is 1. The monoisotopic (exact) mass is 337 g/mol. The first kappa shape index (κ1) is 17.2. The number of aryl methyl sites for hydroxylation is 1. The topological polar surface area (TPSA) is 57.6 Å². The smallest absolute Gasteiger partial charge is 0.335 e. The summed E-state index contributed by atoms with van der Waals surface area (Å²) >= 11 is 0. The summed E-state index contributed by atoms with van der Waals surface area (Å²) in [6, 6.07) is 13.4. The van der Waals surface area contributed by atoms with Crippen LogP contribution in [-0.4, -0.2) is 28.4 Å². The third kappa shape index (κ3) is 3.73. The average molecular weight is 337 g/mol. The Morgan fingerprint density at radius 1 is 1.16 bits per heavy atom. The van der Waals surface area contributed by atoms with Gasteiger partial charge in [-0.3, -0.25) is 4.79 Å². The molecule has 0 spiro atoms. The van der Waals surface area contributed by atoms with Crippen molar-refractivity contribution in [3.05, 3.63) is 70.3 Å². The van der Waals surface area contributed by atoms with Gasteiger partial charge in [0, 0.05) is 19.5 Å². The van der Waals surface area contributed by atoms with Crippen LogP contribution in [0.2, 0.25) is 0 Å². The fourth-order valence-electron chi connectivity index (χ4n) is 3.54. The fourth-order valence-corrected chi connectivity index (χ4v) is 3.54. The van der Waals surface area contributed by atoms with Gasteiger partial charge in [-0.25, -0.2) is 4.79 Å². The minimum Gasteiger partial charge on any atom is -0.478 e. The van der Waals surface area contributed by atoms with Crippen molar-refractivity contribution in [2.45, 2.75) is 39.2 Å². The highest BCUT2D eigenvalue weighted by Gasteiger charge is 2.23. The number of hydrogen-bond donors (Lipinski definition) is 1. The van der Waals surface area contributed by atoms with Gasteiger partial charge in [0.1, 0.15) is 0 Å². The third-order valence-corrected chi connectivity index (χ3v) is 5.02. The fraction of sp³-hybridized carbons (Fsp3) is 0.333. The number of carbonyl (C=O) groups excluding carboxylic acids is 1. The van der Waals surface area contributed by atoms with Crippen molar-refractivity contribution in [3.63, 3.8) is 0 Å². The van der Waals surface area contributed by atoms with E-state index in [0.717, 1.165) is 17.5 Å². The van der Waals surface area contributed by atoms with Gasteiger partial charge >= 0.3 is 5.97 Å². The van der Waals surface area contributed by atoms with Crippen LogP contribution in [0.3, 0.4) is 0 Å². The van der Waals surface area contributed by atoms with E-state index in [-0.39, 0.29) is 17.4 Å². The van der Waals surface area contributed by atoms with Gasteiger partial charge in [0.05, 0.1) is 5.56 Å². The van der Waals surface area contributed by atoms with Crippen molar-refractivity contribution in [1.29, 1.82) is 0 Å². The summed E-state index contributed by atoms with van der Waals surface area (Å²) in [6.45, 7) is 5.34. The first-order valence-electron chi connectivity index (χ1n) is 8.64. The molecular weight excluding hydrogens is 314 g/mol. The van der Waals surface area contributed by atoms with Crippen molar-refractivity contribution in [2.75, 3.05) is 6.54 Å². The molecule has 3 rings (SSSR count). The van der Waals surface area contributed by atoms with E-state index in [2.05, 4.69) is 26.0 Å². The Morgan fingerprint density at radius 2 is 1.92 bits per heavy atom. The Hall–Kier alpha value is -2.62. The van der Waals surface area contributed by atoms with Gasteiger partial charge in [-0.05, 0) is 53.6 Å². The van der Waals surface area contributed by atoms with Gasteiger partial charge in [-0.2, -0.15) is 0 Å². The number of hydrogen-bond acceptors (Lipinski definition) is 2. The molecule has 1 amide bonds. The molecule has 0 saturated heterocycles. The lowest BCUT2D eigenvalue weighted by molar-refractivity contribution is -0.132. The van der Waals surface area contributed by atoms with Crippen molar-refractivity contribution >= 4 is 11.9 Å². The minimum absolute atomic E-state index is 0.127. The predicted molar refractivity (Wildman–Crippen MR) is 96.7 cm³/mol. The first-order chi connectivity index (χ1) is 12.0. The molecule has 25 heavy (non-hydrogen) atoms. The maximum Gasteiger partial charge on any atom is 0.335 e. The number of carboxylic acids is 1. The van der Waals surface area contributed by atoms with Gasteiger partial charge in [0.2, 0.25) is 5.91 Å². The lowest BCUT2D eigenvalue weighted by atomic mass is 9.92. The first-order valence-corrected chi connectivity index (χ1v) is 8.64. The largest absolute Gasteiger partial charge is 0.478 e. The summed E-state index contributed by atoms with van der Waals surface area (Å²) in [7, 11) is 0. The Balaban J connectivity index is 1.71. The van der Waals surface area contributed by atoms with Crippen molar-refractivity contribution < 1.29 is 14.7 Å². The molecule has 2 aromatic rings. The average Bonchev–Trinajstić information content (AvgIpc) is 2.60. The molecule has 0 aliphatic carbocycles. The maximum atomic E-state index is 12.7. The van der Waals surface area contributed by atoms with Crippen LogP contribution in [0, 0.1) is 6.92 Å². The van der Waals surface area contributed by atoms with Gasteiger partial charge in [0.25, 0.3) is 0 Å². The molecule has 0 aromatic heterocycles. The molecule has 1 aliphatic rings. The Labute approximate surface area is 148 Å². The lowest BCUT2D eigenvalue weighted by Crippen LogP contribution is -2.36. The predicted octanol–water partition coefficient (Wildman–Crippen LogP) is 3.77. The zero-order chi connectivity index (χ0) is 18.0. The molecule has 4 heteroatoms. The van der Waals surface area contributed by atoms with Gasteiger partial charge < -0.3 is 10.0 Å². The molecule has 0 saturated carbocycles. The summed E-state index contributed by atoms with van der Waals surface area (Å²) in [5.41, 5.74) is 4.78. The second kappa shape index (κ2) is 7.09. The molecule has 0 fully saturated rings. The number of carbonyl (C=O) groups is 2. The number of nitrogens with zero attached hydrogens (tertiary/aromatic N) is 1. The number of amides is 1. The van der Waals surface area contributed by atoms with E-state index in [1.165, 1.54) is 11.1 Å². The highest BCUT2D eigenvalue weighted by molar-refractivity contribution is 5.88. The number of fused-ring (bicyclic) bond motifs is 1. The highest BCUT2D eigenvalue weighted by atomic mass is 16.4. The van der Waals surface area contributed by atoms with E-state index in [9.17, 15) is 9.59 Å². The molecule has 1 heterocycles. The van der Waals surface area contributed by atoms with Crippen LogP contribution in [0.5, 0.6) is 0 Å². The van der Waals surface area contributed by atoms with E-state index in [1.54, 1.807) is 12.1 Å². The maximum absolute atomic E-state index is 12.7. The number of carboxylic acid groups (broad SMARTS) is 1. The zero-order valence-electron chi connectivity index (χ0n) is 14.7. The van der Waals surface area contributed by atoms with E-state index < -0.39 is 5.97 Å². The molecule has 4 nitrogen and oxygen atoms in total. The van der Waals surface area contributed by atoms with Gasteiger partial charge in [-0.15, -0.1) is 0 Å². The summed E-state index contributed by atoms with van der Waals surface area (Å²) in [5, 5.41) is 9.15. The number of rotatable bonds is 4. The van der Waals surface area contributed by atoms with E-state index in [1.807, 2.05) is 23.1 Å². The Morgan fingerprint density at radius 3 is 2.64 bits per heavy atom. The van der Waals surface area contributed by atoms with E-state index in [0.29, 0.717) is 19.5 Å². The summed E-state index contributed by atoms with van der Waals surface area (Å²) in [5.74, 6) is -0.637. The zero-order valence-corrected chi connectivity index (χ0v) is 14.7. The van der Waals surface area contributed by atoms with Crippen molar-refractivity contribution in [3.8, 4) is 0 Å². The van der Waals surface area contributed by atoms with Crippen LogP contribution in [0.15, 0.2) is 42.5 Å². The number of benzene rings is 2. The molecule has 0 bridgehead atoms. The van der Waals surface area contributed by atoms with E-state index >= 15 is 0 Å². The molecule has 1 unspecified atom stereocenters. The molecule has 0 radical (unpaired) electrons.